The second-order valence-corrected chi connectivity index (χ2v) is 14.2. The highest BCUT2D eigenvalue weighted by atomic mass is 35.5. The number of hydrogen-bond acceptors (Lipinski definition) is 7. The van der Waals surface area contributed by atoms with Crippen LogP contribution in [-0.2, 0) is 9.59 Å². The van der Waals surface area contributed by atoms with Crippen LogP contribution in [-0.4, -0.2) is 36.8 Å². The van der Waals surface area contributed by atoms with Crippen LogP contribution < -0.4 is 20.9 Å². The van der Waals surface area contributed by atoms with Gasteiger partial charge in [0.05, 0.1) is 5.69 Å². The number of thioether (sulfide) groups is 1. The molecule has 6 aromatic rings. The quantitative estimate of drug-likeness (QED) is 0.0853. The average molecular weight is 744 g/mol. The Morgan fingerprint density at radius 1 is 0.788 bits per heavy atom. The molecule has 0 radical (unpaired) electrons. The first-order chi connectivity index (χ1) is 25.2. The number of nitrogens with one attached hydrogen (secondary N) is 3. The lowest BCUT2D eigenvalue weighted by Gasteiger charge is -2.17. The van der Waals surface area contributed by atoms with Crippen molar-refractivity contribution in [2.45, 2.75) is 10.1 Å². The molecule has 8 nitrogen and oxygen atoms in total. The zero-order valence-electron chi connectivity index (χ0n) is 28.2. The number of carbonyl (C=O) groups excluding carboxylic acids is 3. The lowest BCUT2D eigenvalue weighted by Crippen LogP contribution is -2.30. The van der Waals surface area contributed by atoms with E-state index in [-0.39, 0.29) is 11.6 Å². The molecule has 0 saturated heterocycles. The van der Waals surface area contributed by atoms with E-state index in [0.29, 0.717) is 27.1 Å². The summed E-state index contributed by atoms with van der Waals surface area (Å²) in [5.74, 6) is -1.11. The third kappa shape index (κ3) is 9.35. The summed E-state index contributed by atoms with van der Waals surface area (Å²) < 4.78 is 0. The summed E-state index contributed by atoms with van der Waals surface area (Å²) in [5.41, 5.74) is 5.10. The second kappa shape index (κ2) is 17.0. The third-order valence-corrected chi connectivity index (χ3v) is 10.2. The molecule has 1 heterocycles. The molecule has 6 rings (SSSR count). The fraction of sp³-hybridized carbons (Fsp3) is 0.0732. The van der Waals surface area contributed by atoms with Gasteiger partial charge in [0, 0.05) is 51.9 Å². The van der Waals surface area contributed by atoms with E-state index in [1.165, 1.54) is 23.1 Å². The molecule has 52 heavy (non-hydrogen) atoms. The molecule has 260 valence electrons. The van der Waals surface area contributed by atoms with Gasteiger partial charge in [-0.2, -0.15) is 0 Å². The van der Waals surface area contributed by atoms with E-state index < -0.39 is 17.1 Å². The molecule has 0 saturated carbocycles. The number of carbonyl (C=O) groups is 3. The van der Waals surface area contributed by atoms with Crippen molar-refractivity contribution in [1.29, 1.82) is 0 Å². The Labute approximate surface area is 315 Å². The van der Waals surface area contributed by atoms with Crippen molar-refractivity contribution in [3.8, 4) is 11.3 Å². The summed E-state index contributed by atoms with van der Waals surface area (Å²) in [5, 5.41) is 11.0. The van der Waals surface area contributed by atoms with Crippen LogP contribution in [0.25, 0.3) is 17.3 Å². The lowest BCUT2D eigenvalue weighted by atomic mass is 10.1. The number of nitrogens with zero attached hydrogens (tertiary/aromatic N) is 2. The Balaban J connectivity index is 1.17. The van der Waals surface area contributed by atoms with Crippen molar-refractivity contribution in [2.24, 2.45) is 0 Å². The van der Waals surface area contributed by atoms with Crippen molar-refractivity contribution in [2.75, 3.05) is 29.6 Å². The van der Waals surface area contributed by atoms with Crippen molar-refractivity contribution in [3.63, 3.8) is 0 Å². The molecule has 11 heteroatoms. The Kier molecular flexibility index (Phi) is 11.8. The van der Waals surface area contributed by atoms with Gasteiger partial charge in [-0.1, -0.05) is 90.5 Å². The molecule has 0 aliphatic heterocycles. The van der Waals surface area contributed by atoms with Gasteiger partial charge in [0.15, 0.2) is 5.13 Å². The molecule has 0 aliphatic carbocycles. The molecule has 0 spiro atoms. The number of hydrogen-bond donors (Lipinski definition) is 3. The SMILES string of the molecule is CN(C)c1ccc(/C=C(\NC(=O)c2ccccc2)C(=O)Nc2ccc(SC(C(=O)Nc3nc(-c4ccccc4Cl)cs3)c3ccccc3)cc2)cc1. The number of halogens is 1. The number of benzene rings is 5. The molecule has 5 aromatic carbocycles. The maximum atomic E-state index is 13.7. The van der Waals surface area contributed by atoms with E-state index in [4.69, 9.17) is 11.6 Å². The second-order valence-electron chi connectivity index (χ2n) is 11.8. The van der Waals surface area contributed by atoms with Gasteiger partial charge in [0.25, 0.3) is 11.8 Å². The molecule has 1 atom stereocenters. The predicted molar refractivity (Wildman–Crippen MR) is 214 cm³/mol. The Bertz CT molecular complexity index is 2190. The Morgan fingerprint density at radius 2 is 1.44 bits per heavy atom. The average Bonchev–Trinajstić information content (AvgIpc) is 3.63. The third-order valence-electron chi connectivity index (χ3n) is 7.84. The first kappa shape index (κ1) is 36.1. The van der Waals surface area contributed by atoms with Crippen LogP contribution in [0.4, 0.5) is 16.5 Å². The highest BCUT2D eigenvalue weighted by molar-refractivity contribution is 8.00. The minimum Gasteiger partial charge on any atom is -0.378 e. The van der Waals surface area contributed by atoms with Crippen molar-refractivity contribution in [1.82, 2.24) is 10.3 Å². The summed E-state index contributed by atoms with van der Waals surface area (Å²) in [4.78, 5) is 47.8. The Morgan fingerprint density at radius 3 is 2.12 bits per heavy atom. The maximum absolute atomic E-state index is 13.7. The van der Waals surface area contributed by atoms with Crippen LogP contribution in [0.5, 0.6) is 0 Å². The molecular weight excluding hydrogens is 710 g/mol. The normalized spacial score (nSPS) is 11.7. The van der Waals surface area contributed by atoms with Crippen LogP contribution in [0.2, 0.25) is 5.02 Å². The zero-order valence-corrected chi connectivity index (χ0v) is 30.6. The summed E-state index contributed by atoms with van der Waals surface area (Å²) in [6.07, 6.45) is 1.64. The number of aromatic nitrogens is 1. The molecule has 0 aliphatic rings. The summed E-state index contributed by atoms with van der Waals surface area (Å²) >= 11 is 9.08. The van der Waals surface area contributed by atoms with Gasteiger partial charge in [0.2, 0.25) is 5.91 Å². The molecule has 1 unspecified atom stereocenters. The smallest absolute Gasteiger partial charge is 0.272 e. The monoisotopic (exact) mass is 743 g/mol. The number of amides is 3. The number of anilines is 3. The van der Waals surface area contributed by atoms with Gasteiger partial charge in [0.1, 0.15) is 10.9 Å². The fourth-order valence-electron chi connectivity index (χ4n) is 5.12. The van der Waals surface area contributed by atoms with E-state index in [0.717, 1.165) is 27.3 Å². The molecule has 3 amide bonds. The molecule has 0 bridgehead atoms. The predicted octanol–water partition coefficient (Wildman–Crippen LogP) is 9.41. The van der Waals surface area contributed by atoms with Crippen LogP contribution in [0.3, 0.4) is 0 Å². The van der Waals surface area contributed by atoms with E-state index in [1.54, 1.807) is 48.5 Å². The van der Waals surface area contributed by atoms with Crippen LogP contribution in [0.1, 0.15) is 26.7 Å². The minimum absolute atomic E-state index is 0.0885. The maximum Gasteiger partial charge on any atom is 0.272 e. The van der Waals surface area contributed by atoms with Gasteiger partial charge in [-0.25, -0.2) is 4.98 Å². The number of rotatable bonds is 12. The summed E-state index contributed by atoms with van der Waals surface area (Å²) in [6.45, 7) is 0. The minimum atomic E-state index is -0.587. The highest BCUT2D eigenvalue weighted by Crippen LogP contribution is 2.38. The van der Waals surface area contributed by atoms with Crippen LogP contribution >= 0.6 is 34.7 Å². The lowest BCUT2D eigenvalue weighted by molar-refractivity contribution is -0.116. The first-order valence-corrected chi connectivity index (χ1v) is 18.4. The molecular formula is C41H34ClN5O3S2. The number of thiazole rings is 1. The van der Waals surface area contributed by atoms with E-state index in [1.807, 2.05) is 115 Å². The first-order valence-electron chi connectivity index (χ1n) is 16.2. The van der Waals surface area contributed by atoms with Gasteiger partial charge in [-0.05, 0) is 71.8 Å². The standard InChI is InChI=1S/C41H34ClN5O3S2/c1-47(2)31-21-17-27(18-22-31)25-35(44-38(48)29-13-7-4-8-14-29)39(49)43-30-19-23-32(24-20-30)52-37(28-11-5-3-6-12-28)40(50)46-41-45-36(26-51-41)33-15-9-10-16-34(33)42/h3-26,37H,1-2H3,(H,43,49)(H,44,48)(H,45,46,50)/b35-25-. The fourth-order valence-corrected chi connectivity index (χ4v) is 7.10. The largest absolute Gasteiger partial charge is 0.378 e. The van der Waals surface area contributed by atoms with Crippen LogP contribution in [0.15, 0.2) is 149 Å². The van der Waals surface area contributed by atoms with Gasteiger partial charge >= 0.3 is 0 Å². The van der Waals surface area contributed by atoms with E-state index in [9.17, 15) is 14.4 Å². The molecule has 3 N–H and O–H groups in total. The highest BCUT2D eigenvalue weighted by Gasteiger charge is 2.24. The van der Waals surface area contributed by atoms with Crippen LogP contribution in [0, 0.1) is 0 Å². The Hall–Kier alpha value is -5.68. The van der Waals surface area contributed by atoms with Gasteiger partial charge in [-0.3, -0.25) is 14.4 Å². The van der Waals surface area contributed by atoms with Gasteiger partial charge in [-0.15, -0.1) is 23.1 Å². The molecule has 0 fully saturated rings. The van der Waals surface area contributed by atoms with Crippen molar-refractivity contribution < 1.29 is 14.4 Å². The van der Waals surface area contributed by atoms with E-state index >= 15 is 0 Å². The van der Waals surface area contributed by atoms with Gasteiger partial charge < -0.3 is 20.9 Å². The van der Waals surface area contributed by atoms with Crippen molar-refractivity contribution in [3.05, 3.63) is 166 Å². The molecule has 1 aromatic heterocycles. The summed E-state index contributed by atoms with van der Waals surface area (Å²) in [7, 11) is 3.90. The zero-order chi connectivity index (χ0) is 36.5. The van der Waals surface area contributed by atoms with Crippen molar-refractivity contribution >= 4 is 75.0 Å². The summed E-state index contributed by atoms with van der Waals surface area (Å²) in [6, 6.07) is 40.5. The topological polar surface area (TPSA) is 103 Å². The van der Waals surface area contributed by atoms with E-state index in [2.05, 4.69) is 20.9 Å².